The molecule has 2 aromatic rings. The molecule has 0 aliphatic heterocycles. The Balaban J connectivity index is 2.75. The summed E-state index contributed by atoms with van der Waals surface area (Å²) < 4.78 is 40.7. The Hall–Kier alpha value is -1.45. The number of hydrogen-bond acceptors (Lipinski definition) is 0. The van der Waals surface area contributed by atoms with E-state index in [4.69, 9.17) is 0 Å². The number of alkyl halides is 3. The molecule has 0 bridgehead atoms. The Kier molecular flexibility index (Phi) is 3.37. The molecule has 1 nitrogen and oxygen atoms in total. The average molecular weight is 255 g/mol. The minimum atomic E-state index is -4.30. The first-order valence-corrected chi connectivity index (χ1v) is 6.17. The largest absolute Gasteiger partial charge is 0.418 e. The fourth-order valence-electron chi connectivity index (χ4n) is 2.38. The van der Waals surface area contributed by atoms with Crippen molar-refractivity contribution in [1.82, 2.24) is 4.57 Å². The second kappa shape index (κ2) is 4.67. The molecular weight excluding hydrogens is 239 g/mol. The van der Waals surface area contributed by atoms with E-state index in [1.54, 1.807) is 10.6 Å². The molecule has 4 heteroatoms. The van der Waals surface area contributed by atoms with Crippen LogP contribution in [0.25, 0.3) is 10.9 Å². The molecule has 98 valence electrons. The number of fused-ring (bicyclic) bond motifs is 1. The molecule has 0 unspecified atom stereocenters. The lowest BCUT2D eigenvalue weighted by molar-refractivity contribution is -0.136. The summed E-state index contributed by atoms with van der Waals surface area (Å²) in [4.78, 5) is 0. The molecule has 2 rings (SSSR count). The predicted molar refractivity (Wildman–Crippen MR) is 66.6 cm³/mol. The van der Waals surface area contributed by atoms with Crippen LogP contribution < -0.4 is 0 Å². The highest BCUT2D eigenvalue weighted by molar-refractivity contribution is 5.87. The van der Waals surface area contributed by atoms with Crippen LogP contribution in [0.4, 0.5) is 13.2 Å². The summed E-state index contributed by atoms with van der Waals surface area (Å²) >= 11 is 0. The number of benzene rings is 1. The van der Waals surface area contributed by atoms with Crippen molar-refractivity contribution in [2.45, 2.75) is 39.4 Å². The SMILES string of the molecule is CCCc1cn(CC)c2c(C(F)(F)F)cccc12. The molecule has 0 fully saturated rings. The maximum atomic E-state index is 13.0. The van der Waals surface area contributed by atoms with Crippen LogP contribution in [0, 0.1) is 0 Å². The molecule has 0 saturated carbocycles. The highest BCUT2D eigenvalue weighted by Crippen LogP contribution is 2.36. The van der Waals surface area contributed by atoms with E-state index in [0.29, 0.717) is 12.1 Å². The smallest absolute Gasteiger partial charge is 0.347 e. The highest BCUT2D eigenvalue weighted by atomic mass is 19.4. The first-order valence-electron chi connectivity index (χ1n) is 6.17. The Morgan fingerprint density at radius 2 is 1.89 bits per heavy atom. The van der Waals surface area contributed by atoms with Gasteiger partial charge in [-0.3, -0.25) is 0 Å². The van der Waals surface area contributed by atoms with Crippen molar-refractivity contribution in [3.63, 3.8) is 0 Å². The van der Waals surface area contributed by atoms with Gasteiger partial charge < -0.3 is 4.57 Å². The average Bonchev–Trinajstić information content (AvgIpc) is 2.67. The quantitative estimate of drug-likeness (QED) is 0.753. The second-order valence-electron chi connectivity index (χ2n) is 4.39. The topological polar surface area (TPSA) is 4.93 Å². The summed E-state index contributed by atoms with van der Waals surface area (Å²) in [5.41, 5.74) is 0.778. The van der Waals surface area contributed by atoms with Crippen molar-refractivity contribution in [3.05, 3.63) is 35.5 Å². The van der Waals surface area contributed by atoms with E-state index in [1.807, 2.05) is 20.0 Å². The first-order chi connectivity index (χ1) is 8.49. The summed E-state index contributed by atoms with van der Waals surface area (Å²) in [6.45, 7) is 4.44. The molecule has 0 aliphatic rings. The maximum Gasteiger partial charge on any atom is 0.418 e. The van der Waals surface area contributed by atoms with E-state index in [2.05, 4.69) is 0 Å². The summed E-state index contributed by atoms with van der Waals surface area (Å²) in [5, 5.41) is 0.730. The first kappa shape index (κ1) is 13.0. The van der Waals surface area contributed by atoms with Gasteiger partial charge >= 0.3 is 6.18 Å². The van der Waals surface area contributed by atoms with Crippen molar-refractivity contribution < 1.29 is 13.2 Å². The zero-order valence-corrected chi connectivity index (χ0v) is 10.5. The molecule has 18 heavy (non-hydrogen) atoms. The van der Waals surface area contributed by atoms with Crippen molar-refractivity contribution in [1.29, 1.82) is 0 Å². The molecule has 1 aromatic heterocycles. The minimum Gasteiger partial charge on any atom is -0.347 e. The lowest BCUT2D eigenvalue weighted by atomic mass is 10.1. The van der Waals surface area contributed by atoms with Gasteiger partial charge in [0.1, 0.15) is 0 Å². The van der Waals surface area contributed by atoms with Gasteiger partial charge in [-0.25, -0.2) is 0 Å². The van der Waals surface area contributed by atoms with Crippen molar-refractivity contribution >= 4 is 10.9 Å². The normalized spacial score (nSPS) is 12.3. The molecule has 1 heterocycles. The van der Waals surface area contributed by atoms with E-state index in [-0.39, 0.29) is 0 Å². The fraction of sp³-hybridized carbons (Fsp3) is 0.429. The highest BCUT2D eigenvalue weighted by Gasteiger charge is 2.33. The van der Waals surface area contributed by atoms with Gasteiger partial charge in [-0.15, -0.1) is 0 Å². The third-order valence-corrected chi connectivity index (χ3v) is 3.15. The molecule has 0 saturated heterocycles. The molecule has 0 amide bonds. The molecule has 0 aliphatic carbocycles. The van der Waals surface area contributed by atoms with Crippen LogP contribution >= 0.6 is 0 Å². The Morgan fingerprint density at radius 1 is 1.17 bits per heavy atom. The third-order valence-electron chi connectivity index (χ3n) is 3.15. The Labute approximate surface area is 104 Å². The number of rotatable bonds is 3. The molecular formula is C14H16F3N. The lowest BCUT2D eigenvalue weighted by Gasteiger charge is -2.11. The number of aromatic nitrogens is 1. The van der Waals surface area contributed by atoms with Gasteiger partial charge in [0, 0.05) is 18.1 Å². The Morgan fingerprint density at radius 3 is 2.44 bits per heavy atom. The van der Waals surface area contributed by atoms with Gasteiger partial charge in [0.25, 0.3) is 0 Å². The van der Waals surface area contributed by atoms with Gasteiger partial charge in [-0.2, -0.15) is 13.2 Å². The van der Waals surface area contributed by atoms with Gasteiger partial charge in [0.2, 0.25) is 0 Å². The summed E-state index contributed by atoms with van der Waals surface area (Å²) in [6, 6.07) is 4.43. The standard InChI is InChI=1S/C14H16F3N/c1-3-6-10-9-18(4-2)13-11(10)7-5-8-12(13)14(15,16)17/h5,7-9H,3-4,6H2,1-2H3. The summed E-state index contributed by atoms with van der Waals surface area (Å²) in [6.07, 6.45) is -0.707. The van der Waals surface area contributed by atoms with Gasteiger partial charge in [0.05, 0.1) is 11.1 Å². The van der Waals surface area contributed by atoms with Gasteiger partial charge in [-0.1, -0.05) is 25.5 Å². The van der Waals surface area contributed by atoms with Crippen LogP contribution in [-0.2, 0) is 19.1 Å². The molecule has 0 atom stereocenters. The minimum absolute atomic E-state index is 0.316. The van der Waals surface area contributed by atoms with Gasteiger partial charge in [0.15, 0.2) is 0 Å². The number of aryl methyl sites for hydroxylation is 2. The Bertz CT molecular complexity index is 552. The number of halogens is 3. The summed E-state index contributed by atoms with van der Waals surface area (Å²) in [5.74, 6) is 0. The fourth-order valence-corrected chi connectivity index (χ4v) is 2.38. The van der Waals surface area contributed by atoms with Crippen molar-refractivity contribution in [3.8, 4) is 0 Å². The monoisotopic (exact) mass is 255 g/mol. The molecule has 0 spiro atoms. The van der Waals surface area contributed by atoms with Crippen molar-refractivity contribution in [2.75, 3.05) is 0 Å². The molecule has 1 aromatic carbocycles. The zero-order valence-electron chi connectivity index (χ0n) is 10.5. The number of nitrogens with zero attached hydrogens (tertiary/aromatic N) is 1. The van der Waals surface area contributed by atoms with Crippen LogP contribution in [0.2, 0.25) is 0 Å². The molecule has 0 N–H and O–H groups in total. The van der Waals surface area contributed by atoms with Crippen molar-refractivity contribution in [2.24, 2.45) is 0 Å². The van der Waals surface area contributed by atoms with Gasteiger partial charge in [-0.05, 0) is 25.0 Å². The van der Waals surface area contributed by atoms with E-state index >= 15 is 0 Å². The lowest BCUT2D eigenvalue weighted by Crippen LogP contribution is -2.08. The van der Waals surface area contributed by atoms with E-state index in [0.717, 1.165) is 29.9 Å². The number of para-hydroxylation sites is 1. The predicted octanol–water partition coefficient (Wildman–Crippen LogP) is 4.63. The van der Waals surface area contributed by atoms with Crippen LogP contribution in [0.15, 0.2) is 24.4 Å². The molecule has 0 radical (unpaired) electrons. The maximum absolute atomic E-state index is 13.0. The van der Waals surface area contributed by atoms with E-state index in [1.165, 1.54) is 6.07 Å². The van der Waals surface area contributed by atoms with E-state index in [9.17, 15) is 13.2 Å². The third kappa shape index (κ3) is 2.11. The van der Waals surface area contributed by atoms with Crippen LogP contribution in [0.1, 0.15) is 31.4 Å². The number of hydrogen-bond donors (Lipinski definition) is 0. The van der Waals surface area contributed by atoms with Crippen LogP contribution in [0.5, 0.6) is 0 Å². The van der Waals surface area contributed by atoms with Crippen LogP contribution in [0.3, 0.4) is 0 Å². The zero-order chi connectivity index (χ0) is 13.3. The van der Waals surface area contributed by atoms with Crippen LogP contribution in [-0.4, -0.2) is 4.57 Å². The second-order valence-corrected chi connectivity index (χ2v) is 4.39. The van der Waals surface area contributed by atoms with E-state index < -0.39 is 11.7 Å². The summed E-state index contributed by atoms with van der Waals surface area (Å²) in [7, 11) is 0.